The lowest BCUT2D eigenvalue weighted by Gasteiger charge is -2.38. The third kappa shape index (κ3) is 20.7. The second-order valence-corrected chi connectivity index (χ2v) is 23.8. The Morgan fingerprint density at radius 1 is 0.537 bits per heavy atom. The van der Waals surface area contributed by atoms with Crippen molar-refractivity contribution in [1.82, 2.24) is 52.3 Å². The summed E-state index contributed by atoms with van der Waals surface area (Å²) in [6.07, 6.45) is 0.661. The van der Waals surface area contributed by atoms with Crippen molar-refractivity contribution in [3.05, 3.63) is 71.8 Å². The van der Waals surface area contributed by atoms with Crippen LogP contribution in [0.4, 0.5) is 0 Å². The van der Waals surface area contributed by atoms with Crippen molar-refractivity contribution in [2.24, 2.45) is 35.1 Å². The first-order valence-corrected chi connectivity index (χ1v) is 29.6. The van der Waals surface area contributed by atoms with Gasteiger partial charge in [-0.2, -0.15) is 0 Å². The minimum Gasteiger partial charge on any atom is -0.370 e. The van der Waals surface area contributed by atoms with Crippen LogP contribution in [-0.2, 0) is 60.9 Å². The van der Waals surface area contributed by atoms with Gasteiger partial charge in [0.1, 0.15) is 48.3 Å². The molecule has 2 aromatic rings. The second kappa shape index (κ2) is 33.0. The molecule has 0 aliphatic carbocycles. The number of hydrogen-bond acceptors (Lipinski definition) is 13. The molecule has 22 heteroatoms. The monoisotopic (exact) mass is 1140 g/mol. The summed E-state index contributed by atoms with van der Waals surface area (Å²) in [7, 11) is 0. The summed E-state index contributed by atoms with van der Waals surface area (Å²) in [4.78, 5) is 133. The van der Waals surface area contributed by atoms with Crippen LogP contribution in [0.25, 0.3) is 0 Å². The number of rotatable bonds is 16. The third-order valence-corrected chi connectivity index (χ3v) is 15.1. The molecule has 12 N–H and O–H groups in total. The lowest BCUT2D eigenvalue weighted by atomic mass is 9.99. The van der Waals surface area contributed by atoms with Crippen molar-refractivity contribution >= 4 is 53.2 Å². The van der Waals surface area contributed by atoms with Crippen molar-refractivity contribution in [2.45, 2.75) is 187 Å². The lowest BCUT2D eigenvalue weighted by molar-refractivity contribution is -0.143. The minimum atomic E-state index is -1.20. The van der Waals surface area contributed by atoms with E-state index in [1.54, 1.807) is 39.8 Å². The van der Waals surface area contributed by atoms with Crippen LogP contribution in [0.2, 0.25) is 0 Å². The van der Waals surface area contributed by atoms with Crippen LogP contribution < -0.4 is 54.0 Å². The summed E-state index contributed by atoms with van der Waals surface area (Å²) in [5.74, 6) is -6.39. The molecule has 3 fully saturated rings. The Kier molecular flexibility index (Phi) is 26.7. The van der Waals surface area contributed by atoms with Gasteiger partial charge in [-0.3, -0.25) is 48.1 Å². The summed E-state index contributed by atoms with van der Waals surface area (Å²) < 4.78 is 6.52. The minimum absolute atomic E-state index is 0.0243. The molecular formula is C60H94N12O10. The SMILES string of the molecule is CC(C)CC1NC(=O)C(CCCN)NC(=O)[C@H](C(C)C)NC(=O)[C@@H]2CCCN2C(=O)[C@@H](Cc2ccccc2)NC(=O)[C@H](CC(C)C)NC(=O)[C@H](CCCN)NC(=O)[C@H](C(C)C)NC(=O)C[C@H]2CN(Cc3ccccc3)C[C@@H](CNC1=O)O2. The third-order valence-electron chi connectivity index (χ3n) is 15.1. The smallest absolute Gasteiger partial charge is 0.246 e. The molecule has 0 saturated carbocycles. The van der Waals surface area contributed by atoms with Gasteiger partial charge in [0.25, 0.3) is 0 Å². The van der Waals surface area contributed by atoms with Gasteiger partial charge in [0.15, 0.2) is 0 Å². The number of carbonyl (C=O) groups excluding carboxylic acids is 9. The lowest BCUT2D eigenvalue weighted by Crippen LogP contribution is -2.61. The van der Waals surface area contributed by atoms with E-state index in [2.05, 4.69) is 47.4 Å². The molecule has 3 aliphatic heterocycles. The van der Waals surface area contributed by atoms with E-state index in [9.17, 15) is 43.2 Å². The number of benzene rings is 2. The van der Waals surface area contributed by atoms with Crippen LogP contribution in [0.5, 0.6) is 0 Å². The van der Waals surface area contributed by atoms with Crippen LogP contribution in [0.15, 0.2) is 60.7 Å². The number of ether oxygens (including phenoxy) is 1. The van der Waals surface area contributed by atoms with Gasteiger partial charge in [0.2, 0.25) is 53.2 Å². The molecule has 2 aromatic carbocycles. The van der Waals surface area contributed by atoms with Crippen LogP contribution in [-0.4, -0.2) is 163 Å². The van der Waals surface area contributed by atoms with Gasteiger partial charge in [-0.25, -0.2) is 0 Å². The molecule has 2 unspecified atom stereocenters. The van der Waals surface area contributed by atoms with E-state index in [1.807, 2.05) is 76.2 Å². The molecule has 9 amide bonds. The number of nitrogens with two attached hydrogens (primary N) is 2. The zero-order valence-corrected chi connectivity index (χ0v) is 49.5. The number of nitrogens with one attached hydrogen (secondary N) is 8. The van der Waals surface area contributed by atoms with Crippen LogP contribution >= 0.6 is 0 Å². The molecule has 0 aromatic heterocycles. The van der Waals surface area contributed by atoms with E-state index in [0.717, 1.165) is 11.1 Å². The number of hydrogen-bond donors (Lipinski definition) is 10. The number of amides is 9. The molecule has 0 spiro atoms. The molecule has 0 radical (unpaired) electrons. The van der Waals surface area contributed by atoms with Crippen molar-refractivity contribution in [1.29, 1.82) is 0 Å². The number of morpholine rings is 1. The van der Waals surface area contributed by atoms with Crippen LogP contribution in [0.1, 0.15) is 124 Å². The topological polar surface area (TPSA) is 318 Å². The fourth-order valence-electron chi connectivity index (χ4n) is 10.8. The maximum atomic E-state index is 14.9. The van der Waals surface area contributed by atoms with Crippen LogP contribution in [0.3, 0.4) is 0 Å². The molecule has 3 saturated heterocycles. The second-order valence-electron chi connectivity index (χ2n) is 23.8. The first-order valence-electron chi connectivity index (χ1n) is 29.6. The Balaban J connectivity index is 1.53. The fourth-order valence-corrected chi connectivity index (χ4v) is 10.8. The maximum absolute atomic E-state index is 14.9. The van der Waals surface area contributed by atoms with E-state index in [-0.39, 0.29) is 83.0 Å². The molecule has 3 aliphatic rings. The molecule has 82 heavy (non-hydrogen) atoms. The molecule has 454 valence electrons. The number of carbonyl (C=O) groups is 9. The average molecular weight is 1140 g/mol. The zero-order chi connectivity index (χ0) is 60.0. The van der Waals surface area contributed by atoms with E-state index in [1.165, 1.54) is 4.90 Å². The van der Waals surface area contributed by atoms with Crippen molar-refractivity contribution in [2.75, 3.05) is 39.3 Å². The maximum Gasteiger partial charge on any atom is 0.246 e. The van der Waals surface area contributed by atoms with Crippen molar-refractivity contribution in [3.8, 4) is 0 Å². The van der Waals surface area contributed by atoms with Gasteiger partial charge in [0, 0.05) is 39.1 Å². The number of nitrogens with zero attached hydrogens (tertiary/aromatic N) is 2. The Morgan fingerprint density at radius 2 is 1.01 bits per heavy atom. The summed E-state index contributed by atoms with van der Waals surface area (Å²) in [6.45, 7) is 16.5. The largest absolute Gasteiger partial charge is 0.370 e. The van der Waals surface area contributed by atoms with E-state index >= 15 is 0 Å². The molecular weight excluding hydrogens is 1050 g/mol. The quantitative estimate of drug-likeness (QED) is 0.114. The zero-order valence-electron chi connectivity index (χ0n) is 49.5. The standard InChI is InChI=1S/C60H94N12O10/c1-36(2)28-46-53(74)63-32-43-35-71(33-41-20-13-10-14-21-41)34-42(82-43)31-50(73)69-51(38(5)6)58(79)64-45(23-16-26-62)55(76)67-47(29-37(3)4)56(77)68-48(30-40-18-11-9-12-19-40)60(81)72-27-17-24-49(72)57(78)70-52(39(7)8)59(80)65-44(22-15-25-61)54(75)66-46/h9-14,18-21,36-39,42-49,51-52H,15-17,22-35,61-62H2,1-8H3,(H,63,74)(H,64,79)(H,65,80)(H,66,75)(H,67,76)(H,68,77)(H,69,73)(H,70,78)/t42-,43+,44?,45-,46?,47-,48+,49-,51-,52-/m0/s1. The van der Waals surface area contributed by atoms with E-state index < -0.39 is 126 Å². The summed E-state index contributed by atoms with van der Waals surface area (Å²) >= 11 is 0. The van der Waals surface area contributed by atoms with Crippen molar-refractivity contribution < 1.29 is 47.9 Å². The van der Waals surface area contributed by atoms with Gasteiger partial charge < -0.3 is 63.6 Å². The Bertz CT molecular complexity index is 2430. The average Bonchev–Trinajstić information content (AvgIpc) is 4.01. The van der Waals surface area contributed by atoms with Gasteiger partial charge in [-0.05, 0) is 99.3 Å². The predicted octanol–water partition coefficient (Wildman–Crippen LogP) is 1.29. The highest BCUT2D eigenvalue weighted by molar-refractivity contribution is 5.98. The highest BCUT2D eigenvalue weighted by Crippen LogP contribution is 2.23. The fraction of sp³-hybridized carbons (Fsp3) is 0.650. The molecule has 3 heterocycles. The van der Waals surface area contributed by atoms with E-state index in [0.29, 0.717) is 38.9 Å². The normalized spacial score (nSPS) is 26.9. The highest BCUT2D eigenvalue weighted by Gasteiger charge is 2.42. The van der Waals surface area contributed by atoms with Gasteiger partial charge in [-0.15, -0.1) is 0 Å². The van der Waals surface area contributed by atoms with Gasteiger partial charge in [-0.1, -0.05) is 116 Å². The van der Waals surface area contributed by atoms with E-state index in [4.69, 9.17) is 16.2 Å². The Labute approximate surface area is 484 Å². The molecule has 5 rings (SSSR count). The van der Waals surface area contributed by atoms with Crippen LogP contribution in [0, 0.1) is 23.7 Å². The first-order chi connectivity index (χ1) is 39.1. The van der Waals surface area contributed by atoms with Gasteiger partial charge >= 0.3 is 0 Å². The number of fused-ring (bicyclic) bond motifs is 3. The Morgan fingerprint density at radius 3 is 1.54 bits per heavy atom. The Hall–Kier alpha value is -6.49. The predicted molar refractivity (Wildman–Crippen MR) is 312 cm³/mol. The first kappa shape index (κ1) is 66.3. The highest BCUT2D eigenvalue weighted by atomic mass is 16.5. The summed E-state index contributed by atoms with van der Waals surface area (Å²) in [5.41, 5.74) is 13.6. The molecule has 10 atom stereocenters. The molecule has 22 nitrogen and oxygen atoms in total. The molecule has 2 bridgehead atoms. The summed E-state index contributed by atoms with van der Waals surface area (Å²) in [5, 5.41) is 23.1. The summed E-state index contributed by atoms with van der Waals surface area (Å²) in [6, 6.07) is 9.86. The van der Waals surface area contributed by atoms with Crippen molar-refractivity contribution in [3.63, 3.8) is 0 Å². The van der Waals surface area contributed by atoms with Gasteiger partial charge in [0.05, 0.1) is 18.6 Å².